The van der Waals surface area contributed by atoms with Gasteiger partial charge in [-0.1, -0.05) is 0 Å². The molecule has 0 fully saturated rings. The van der Waals surface area contributed by atoms with Crippen molar-refractivity contribution in [1.29, 1.82) is 0 Å². The van der Waals surface area contributed by atoms with Crippen LogP contribution in [0.25, 0.3) is 0 Å². The molecule has 2 rings (SSSR count). The van der Waals surface area contributed by atoms with Gasteiger partial charge in [0.1, 0.15) is 6.17 Å². The van der Waals surface area contributed by atoms with Gasteiger partial charge in [0.2, 0.25) is 11.6 Å². The van der Waals surface area contributed by atoms with Crippen molar-refractivity contribution < 1.29 is 48.3 Å². The van der Waals surface area contributed by atoms with E-state index in [9.17, 15) is 48.3 Å². The molecule has 0 N–H and O–H groups in total. The van der Waals surface area contributed by atoms with E-state index in [1.165, 1.54) is 0 Å². The molecule has 0 amide bonds. The third-order valence-electron chi connectivity index (χ3n) is 3.45. The normalized spacial score (nSPS) is 11.5. The summed E-state index contributed by atoms with van der Waals surface area (Å²) >= 11 is 0. The SMILES string of the molecule is Fc1c(F)c(F)c(CC(F)Cc2c(F)c(F)c(F)c(F)c2F)c(F)c1F. The second kappa shape index (κ2) is 7.12. The van der Waals surface area contributed by atoms with Crippen molar-refractivity contribution in [3.63, 3.8) is 0 Å². The Morgan fingerprint density at radius 2 is 0.577 bits per heavy atom. The Hall–Kier alpha value is -2.33. The predicted molar refractivity (Wildman–Crippen MR) is 64.8 cm³/mol. The van der Waals surface area contributed by atoms with E-state index < -0.39 is 88.3 Å². The number of alkyl halides is 1. The van der Waals surface area contributed by atoms with Gasteiger partial charge in [-0.2, -0.15) is 0 Å². The minimum absolute atomic E-state index is 1.56. The predicted octanol–water partition coefficient (Wildman–Crippen LogP) is 5.20. The highest BCUT2D eigenvalue weighted by Crippen LogP contribution is 2.28. The van der Waals surface area contributed by atoms with Gasteiger partial charge in [-0.05, 0) is 0 Å². The molecule has 26 heavy (non-hydrogen) atoms. The average molecular weight is 394 g/mol. The summed E-state index contributed by atoms with van der Waals surface area (Å²) in [7, 11) is 0. The van der Waals surface area contributed by atoms with Gasteiger partial charge in [0, 0.05) is 24.0 Å². The van der Waals surface area contributed by atoms with Crippen molar-refractivity contribution in [2.75, 3.05) is 0 Å². The summed E-state index contributed by atoms with van der Waals surface area (Å²) in [5, 5.41) is 0. The molecule has 0 saturated carbocycles. The first-order valence-corrected chi connectivity index (χ1v) is 6.63. The van der Waals surface area contributed by atoms with Crippen LogP contribution in [0, 0.1) is 58.2 Å². The Kier molecular flexibility index (Phi) is 5.47. The molecule has 0 unspecified atom stereocenters. The molecule has 142 valence electrons. The fourth-order valence-electron chi connectivity index (χ4n) is 2.17. The standard InChI is InChI=1S/C15H5F11/c16-3(1-4-6(17)10(21)14(25)11(22)7(4)18)2-5-8(19)12(23)15(26)13(24)9(5)20/h3H,1-2H2. The van der Waals surface area contributed by atoms with Crippen molar-refractivity contribution in [2.24, 2.45) is 0 Å². The van der Waals surface area contributed by atoms with E-state index in [0.717, 1.165) is 0 Å². The van der Waals surface area contributed by atoms with Crippen LogP contribution in [0.15, 0.2) is 0 Å². The molecule has 0 aromatic heterocycles. The molecule has 0 aliphatic carbocycles. The van der Waals surface area contributed by atoms with Crippen LogP contribution in [-0.4, -0.2) is 6.17 Å². The maximum atomic E-state index is 13.9. The molecule has 0 spiro atoms. The van der Waals surface area contributed by atoms with E-state index in [1.807, 2.05) is 0 Å². The Labute approximate surface area is 137 Å². The van der Waals surface area contributed by atoms with E-state index in [1.54, 1.807) is 0 Å². The molecule has 0 aliphatic heterocycles. The van der Waals surface area contributed by atoms with Gasteiger partial charge in [0.15, 0.2) is 46.5 Å². The zero-order valence-electron chi connectivity index (χ0n) is 12.1. The van der Waals surface area contributed by atoms with E-state index in [-0.39, 0.29) is 0 Å². The third-order valence-corrected chi connectivity index (χ3v) is 3.45. The van der Waals surface area contributed by atoms with Crippen molar-refractivity contribution in [3.8, 4) is 0 Å². The molecule has 2 aromatic rings. The summed E-state index contributed by atoms with van der Waals surface area (Å²) in [5.41, 5.74) is -3.25. The first-order chi connectivity index (χ1) is 12.0. The first-order valence-electron chi connectivity index (χ1n) is 6.63. The number of benzene rings is 2. The highest BCUT2D eigenvalue weighted by Gasteiger charge is 2.30. The molecule has 2 aromatic carbocycles. The van der Waals surface area contributed by atoms with Gasteiger partial charge in [0.05, 0.1) is 0 Å². The number of hydrogen-bond donors (Lipinski definition) is 0. The first kappa shape index (κ1) is 20.0. The second-order valence-electron chi connectivity index (χ2n) is 5.10. The van der Waals surface area contributed by atoms with Crippen molar-refractivity contribution in [2.45, 2.75) is 19.0 Å². The molecule has 0 atom stereocenters. The Morgan fingerprint density at radius 1 is 0.385 bits per heavy atom. The van der Waals surface area contributed by atoms with Gasteiger partial charge in [0.25, 0.3) is 0 Å². The molecule has 0 heterocycles. The van der Waals surface area contributed by atoms with E-state index >= 15 is 0 Å². The quantitative estimate of drug-likeness (QED) is 0.380. The molecule has 0 aliphatic rings. The maximum Gasteiger partial charge on any atom is 0.200 e. The fourth-order valence-corrected chi connectivity index (χ4v) is 2.17. The largest absolute Gasteiger partial charge is 0.247 e. The van der Waals surface area contributed by atoms with E-state index in [4.69, 9.17) is 0 Å². The van der Waals surface area contributed by atoms with Crippen molar-refractivity contribution >= 4 is 0 Å². The van der Waals surface area contributed by atoms with Gasteiger partial charge in [-0.3, -0.25) is 0 Å². The molecule has 0 radical (unpaired) electrons. The Balaban J connectivity index is 2.39. The third kappa shape index (κ3) is 3.21. The van der Waals surface area contributed by atoms with Gasteiger partial charge in [-0.15, -0.1) is 0 Å². The number of halogens is 11. The van der Waals surface area contributed by atoms with Crippen LogP contribution in [0.4, 0.5) is 48.3 Å². The summed E-state index contributed by atoms with van der Waals surface area (Å²) < 4.78 is 145. The topological polar surface area (TPSA) is 0 Å². The Bertz CT molecular complexity index is 745. The fraction of sp³-hybridized carbons (Fsp3) is 0.200. The molecule has 0 nitrogen and oxygen atoms in total. The van der Waals surface area contributed by atoms with E-state index in [2.05, 4.69) is 0 Å². The van der Waals surface area contributed by atoms with Crippen LogP contribution in [0.3, 0.4) is 0 Å². The van der Waals surface area contributed by atoms with Gasteiger partial charge >= 0.3 is 0 Å². The molecule has 11 heteroatoms. The van der Waals surface area contributed by atoms with Crippen LogP contribution in [-0.2, 0) is 12.8 Å². The van der Waals surface area contributed by atoms with E-state index in [0.29, 0.717) is 0 Å². The van der Waals surface area contributed by atoms with Crippen LogP contribution in [0.5, 0.6) is 0 Å². The lowest BCUT2D eigenvalue weighted by molar-refractivity contribution is 0.298. The zero-order valence-corrected chi connectivity index (χ0v) is 12.1. The smallest absolute Gasteiger partial charge is 0.200 e. The van der Waals surface area contributed by atoms with Gasteiger partial charge in [-0.25, -0.2) is 48.3 Å². The van der Waals surface area contributed by atoms with Crippen molar-refractivity contribution in [3.05, 3.63) is 69.3 Å². The highest BCUT2D eigenvalue weighted by molar-refractivity contribution is 5.27. The lowest BCUT2D eigenvalue weighted by atomic mass is 9.99. The molecular formula is C15H5F11. The van der Waals surface area contributed by atoms with Crippen LogP contribution in [0.2, 0.25) is 0 Å². The Morgan fingerprint density at radius 3 is 0.808 bits per heavy atom. The lowest BCUT2D eigenvalue weighted by Gasteiger charge is -2.13. The second-order valence-corrected chi connectivity index (χ2v) is 5.10. The summed E-state index contributed by atoms with van der Waals surface area (Å²) in [6.07, 6.45) is -5.85. The summed E-state index contributed by atoms with van der Waals surface area (Å²) in [4.78, 5) is 0. The van der Waals surface area contributed by atoms with Crippen molar-refractivity contribution in [1.82, 2.24) is 0 Å². The number of hydrogen-bond acceptors (Lipinski definition) is 0. The molecule has 0 saturated heterocycles. The summed E-state index contributed by atoms with van der Waals surface area (Å²) in [6.45, 7) is 0. The van der Waals surface area contributed by atoms with Crippen LogP contribution < -0.4 is 0 Å². The monoisotopic (exact) mass is 394 g/mol. The lowest BCUT2D eigenvalue weighted by Crippen LogP contribution is -2.18. The van der Waals surface area contributed by atoms with Gasteiger partial charge < -0.3 is 0 Å². The number of rotatable bonds is 4. The van der Waals surface area contributed by atoms with Crippen LogP contribution >= 0.6 is 0 Å². The summed E-state index contributed by atoms with van der Waals surface area (Å²) in [5.74, 6) is -24.0. The highest BCUT2D eigenvalue weighted by atomic mass is 19.2. The zero-order chi connectivity index (χ0) is 19.9. The average Bonchev–Trinajstić information content (AvgIpc) is 2.62. The minimum Gasteiger partial charge on any atom is -0.247 e. The van der Waals surface area contributed by atoms with Crippen LogP contribution in [0.1, 0.15) is 11.1 Å². The minimum atomic E-state index is -2.73. The molecule has 0 bridgehead atoms. The maximum absolute atomic E-state index is 13.9. The summed E-state index contributed by atoms with van der Waals surface area (Å²) in [6, 6.07) is 0. The molecular weight excluding hydrogens is 389 g/mol.